The molecule has 0 radical (unpaired) electrons. The summed E-state index contributed by atoms with van der Waals surface area (Å²) in [4.78, 5) is 14.4. The van der Waals surface area contributed by atoms with E-state index in [1.807, 2.05) is 0 Å². The number of halogens is 1. The molecule has 0 aliphatic carbocycles. The first kappa shape index (κ1) is 9.16. The Labute approximate surface area is 58.8 Å². The number of nitrogens with one attached hydrogen (secondary N) is 1. The second-order valence-corrected chi connectivity index (χ2v) is 1.87. The summed E-state index contributed by atoms with van der Waals surface area (Å²) in [5.74, 6) is 0. The Hall–Kier alpha value is -0.840. The zero-order valence-electron chi connectivity index (χ0n) is 6.06. The van der Waals surface area contributed by atoms with Crippen molar-refractivity contribution in [1.82, 2.24) is 10.2 Å². The molecule has 0 saturated heterocycles. The number of amides is 1. The normalized spacial score (nSPS) is 9.10. The topological polar surface area (TPSA) is 41.6 Å². The fourth-order valence-electron chi connectivity index (χ4n) is 0.430. The largest absolute Gasteiger partial charge is 0.447 e. The quantitative estimate of drug-likeness (QED) is 0.623. The highest BCUT2D eigenvalue weighted by Crippen LogP contribution is 1.87. The molecular formula is C5H11FN2O2. The van der Waals surface area contributed by atoms with E-state index in [-0.39, 0.29) is 0 Å². The first-order valence-corrected chi connectivity index (χ1v) is 2.90. The maximum absolute atomic E-state index is 11.2. The van der Waals surface area contributed by atoms with E-state index >= 15 is 0 Å². The second-order valence-electron chi connectivity index (χ2n) is 1.87. The van der Waals surface area contributed by atoms with Gasteiger partial charge in [0.15, 0.2) is 0 Å². The van der Waals surface area contributed by atoms with Gasteiger partial charge >= 0.3 is 6.09 Å². The van der Waals surface area contributed by atoms with E-state index in [0.717, 1.165) is 4.90 Å². The second kappa shape index (κ2) is 4.99. The van der Waals surface area contributed by atoms with Gasteiger partial charge in [-0.25, -0.2) is 9.74 Å². The van der Waals surface area contributed by atoms with Crippen LogP contribution in [-0.4, -0.2) is 38.2 Å². The molecule has 4 nitrogen and oxygen atoms in total. The van der Waals surface area contributed by atoms with Crippen LogP contribution in [0.1, 0.15) is 0 Å². The summed E-state index contributed by atoms with van der Waals surface area (Å²) >= 11 is 0. The Kier molecular flexibility index (Phi) is 4.57. The van der Waals surface area contributed by atoms with E-state index < -0.39 is 6.09 Å². The van der Waals surface area contributed by atoms with Crippen LogP contribution in [-0.2, 0) is 4.94 Å². The van der Waals surface area contributed by atoms with Gasteiger partial charge in [0.05, 0.1) is 0 Å². The van der Waals surface area contributed by atoms with Gasteiger partial charge in [-0.05, 0) is 7.05 Å². The Balaban J connectivity index is 3.41. The molecule has 0 fully saturated rings. The Morgan fingerprint density at radius 1 is 1.80 bits per heavy atom. The molecule has 1 N–H and O–H groups in total. The van der Waals surface area contributed by atoms with Crippen molar-refractivity contribution in [2.45, 2.75) is 0 Å². The molecule has 0 spiro atoms. The van der Waals surface area contributed by atoms with Gasteiger partial charge in [0.2, 0.25) is 0 Å². The third kappa shape index (κ3) is 3.24. The van der Waals surface area contributed by atoms with Crippen LogP contribution >= 0.6 is 0 Å². The number of hydrogen-bond donors (Lipinski definition) is 1. The maximum atomic E-state index is 11.2. The molecule has 10 heavy (non-hydrogen) atoms. The van der Waals surface area contributed by atoms with Crippen LogP contribution in [0.4, 0.5) is 9.32 Å². The average molecular weight is 150 g/mol. The molecule has 0 aliphatic heterocycles. The van der Waals surface area contributed by atoms with Crippen LogP contribution in [0, 0.1) is 0 Å². The molecule has 0 rings (SSSR count). The predicted molar refractivity (Wildman–Crippen MR) is 34.1 cm³/mol. The molecule has 0 unspecified atom stereocenters. The van der Waals surface area contributed by atoms with Crippen molar-refractivity contribution in [1.29, 1.82) is 0 Å². The molecule has 0 aromatic rings. The van der Waals surface area contributed by atoms with E-state index in [4.69, 9.17) is 0 Å². The minimum absolute atomic E-state index is 0.430. The van der Waals surface area contributed by atoms with Crippen LogP contribution in [0.5, 0.6) is 0 Å². The van der Waals surface area contributed by atoms with E-state index in [1.54, 1.807) is 7.05 Å². The fourth-order valence-corrected chi connectivity index (χ4v) is 0.430. The third-order valence-corrected chi connectivity index (χ3v) is 1.07. The summed E-state index contributed by atoms with van der Waals surface area (Å²) < 4.78 is 11.2. The summed E-state index contributed by atoms with van der Waals surface area (Å²) in [5.41, 5.74) is 0. The van der Waals surface area contributed by atoms with Gasteiger partial charge < -0.3 is 10.2 Å². The van der Waals surface area contributed by atoms with Crippen molar-refractivity contribution in [3.8, 4) is 0 Å². The summed E-state index contributed by atoms with van der Waals surface area (Å²) in [7, 11) is 3.20. The Morgan fingerprint density at radius 3 is 2.80 bits per heavy atom. The van der Waals surface area contributed by atoms with Crippen molar-refractivity contribution in [2.75, 3.05) is 27.2 Å². The zero-order chi connectivity index (χ0) is 7.98. The van der Waals surface area contributed by atoms with Gasteiger partial charge in [0, 0.05) is 24.7 Å². The molecular weight excluding hydrogens is 139 g/mol. The lowest BCUT2D eigenvalue weighted by Gasteiger charge is -2.11. The van der Waals surface area contributed by atoms with Crippen LogP contribution in [0.15, 0.2) is 0 Å². The van der Waals surface area contributed by atoms with Crippen LogP contribution in [0.2, 0.25) is 0 Å². The fraction of sp³-hybridized carbons (Fsp3) is 0.800. The standard InChI is InChI=1S/C5H11FN2O2/c1-7-3-4-8(2)5(9)10-6/h7H,3-4H2,1-2H3. The van der Waals surface area contributed by atoms with Crippen LogP contribution < -0.4 is 5.32 Å². The van der Waals surface area contributed by atoms with Crippen LogP contribution in [0.25, 0.3) is 0 Å². The molecule has 0 aromatic carbocycles. The SMILES string of the molecule is CNCCN(C)C(=O)OF. The maximum Gasteiger partial charge on any atom is 0.447 e. The number of hydrogen-bond acceptors (Lipinski definition) is 3. The van der Waals surface area contributed by atoms with Crippen molar-refractivity contribution in [2.24, 2.45) is 0 Å². The van der Waals surface area contributed by atoms with Gasteiger partial charge in [-0.3, -0.25) is 0 Å². The van der Waals surface area contributed by atoms with Gasteiger partial charge in [-0.15, -0.1) is 0 Å². The number of likely N-dealkylation sites (N-methyl/N-ethyl adjacent to an activating group) is 2. The molecule has 1 amide bonds. The first-order valence-electron chi connectivity index (χ1n) is 2.90. The molecule has 0 saturated carbocycles. The van der Waals surface area contributed by atoms with Crippen molar-refractivity contribution < 1.29 is 14.3 Å². The highest BCUT2D eigenvalue weighted by Gasteiger charge is 2.08. The minimum Gasteiger partial charge on any atom is -0.318 e. The smallest absolute Gasteiger partial charge is 0.318 e. The molecule has 0 aromatic heterocycles. The number of rotatable bonds is 3. The highest BCUT2D eigenvalue weighted by molar-refractivity contribution is 5.66. The van der Waals surface area contributed by atoms with E-state index in [1.165, 1.54) is 7.05 Å². The lowest BCUT2D eigenvalue weighted by Crippen LogP contribution is -2.31. The minimum atomic E-state index is -0.963. The van der Waals surface area contributed by atoms with E-state index in [2.05, 4.69) is 10.3 Å². The summed E-state index contributed by atoms with van der Waals surface area (Å²) in [5, 5.41) is 2.81. The summed E-state index contributed by atoms with van der Waals surface area (Å²) in [6, 6.07) is 0. The molecule has 0 bridgehead atoms. The highest BCUT2D eigenvalue weighted by atomic mass is 19.3. The Bertz CT molecular complexity index is 110. The zero-order valence-corrected chi connectivity index (χ0v) is 6.06. The van der Waals surface area contributed by atoms with Gasteiger partial charge in [-0.1, -0.05) is 0 Å². The molecule has 0 aliphatic rings. The summed E-state index contributed by atoms with van der Waals surface area (Å²) in [6.45, 7) is 1.05. The predicted octanol–water partition coefficient (Wildman–Crippen LogP) is 0.159. The van der Waals surface area contributed by atoms with Crippen LogP contribution in [0.3, 0.4) is 0 Å². The number of nitrogens with zero attached hydrogens (tertiary/aromatic N) is 1. The lowest BCUT2D eigenvalue weighted by molar-refractivity contribution is -0.0768. The van der Waals surface area contributed by atoms with E-state index in [0.29, 0.717) is 13.1 Å². The summed E-state index contributed by atoms with van der Waals surface area (Å²) in [6.07, 6.45) is -0.963. The molecule has 5 heteroatoms. The monoisotopic (exact) mass is 150 g/mol. The van der Waals surface area contributed by atoms with Gasteiger partial charge in [0.1, 0.15) is 0 Å². The average Bonchev–Trinajstić information content (AvgIpc) is 1.98. The molecule has 0 heterocycles. The van der Waals surface area contributed by atoms with Gasteiger partial charge in [-0.2, -0.15) is 0 Å². The van der Waals surface area contributed by atoms with Gasteiger partial charge in [0.25, 0.3) is 0 Å². The third-order valence-electron chi connectivity index (χ3n) is 1.07. The molecule has 60 valence electrons. The Morgan fingerprint density at radius 2 is 2.40 bits per heavy atom. The van der Waals surface area contributed by atoms with Crippen molar-refractivity contribution in [3.05, 3.63) is 0 Å². The van der Waals surface area contributed by atoms with Crippen molar-refractivity contribution in [3.63, 3.8) is 0 Å². The number of carbonyl (C=O) groups is 1. The lowest BCUT2D eigenvalue weighted by atomic mass is 10.6. The molecule has 0 atom stereocenters. The number of carbonyl (C=O) groups excluding carboxylic acids is 1. The van der Waals surface area contributed by atoms with E-state index in [9.17, 15) is 9.32 Å². The van der Waals surface area contributed by atoms with Crippen molar-refractivity contribution >= 4 is 6.09 Å². The first-order chi connectivity index (χ1) is 4.72.